The number of benzene rings is 3. The Bertz CT molecular complexity index is 1370. The van der Waals surface area contributed by atoms with Crippen molar-refractivity contribution in [2.45, 2.75) is 38.3 Å². The summed E-state index contributed by atoms with van der Waals surface area (Å²) in [7, 11) is -1.31. The van der Waals surface area contributed by atoms with Crippen molar-refractivity contribution in [3.63, 3.8) is 0 Å². The molecule has 0 aliphatic carbocycles. The van der Waals surface area contributed by atoms with Crippen LogP contribution in [-0.2, 0) is 26.2 Å². The molecule has 0 aromatic heterocycles. The largest absolute Gasteiger partial charge is 0.497 e. The van der Waals surface area contributed by atoms with Crippen LogP contribution in [0.5, 0.6) is 11.5 Å². The van der Waals surface area contributed by atoms with E-state index in [1.165, 1.54) is 43.4 Å². The zero-order chi connectivity index (χ0) is 28.6. The van der Waals surface area contributed by atoms with Crippen LogP contribution < -0.4 is 19.1 Å². The minimum absolute atomic E-state index is 0.0242. The highest BCUT2D eigenvalue weighted by Crippen LogP contribution is 2.33. The van der Waals surface area contributed by atoms with E-state index < -0.39 is 28.5 Å². The van der Waals surface area contributed by atoms with Crippen molar-refractivity contribution in [3.05, 3.63) is 83.9 Å². The quantitative estimate of drug-likeness (QED) is 0.366. The third kappa shape index (κ3) is 7.08. The fourth-order valence-electron chi connectivity index (χ4n) is 4.02. The predicted molar refractivity (Wildman–Crippen MR) is 150 cm³/mol. The van der Waals surface area contributed by atoms with Gasteiger partial charge in [-0.25, -0.2) is 8.42 Å². The molecule has 0 radical (unpaired) electrons. The van der Waals surface area contributed by atoms with Gasteiger partial charge in [0.2, 0.25) is 11.8 Å². The van der Waals surface area contributed by atoms with Crippen molar-refractivity contribution in [2.75, 3.05) is 31.6 Å². The lowest BCUT2D eigenvalue weighted by molar-refractivity contribution is -0.139. The van der Waals surface area contributed by atoms with E-state index >= 15 is 0 Å². The second-order valence-electron chi connectivity index (χ2n) is 8.94. The molecule has 39 heavy (non-hydrogen) atoms. The first-order chi connectivity index (χ1) is 18.6. The summed E-state index contributed by atoms with van der Waals surface area (Å²) in [4.78, 5) is 28.1. The van der Waals surface area contributed by atoms with Gasteiger partial charge >= 0.3 is 0 Å². The highest BCUT2D eigenvalue weighted by Gasteiger charge is 2.33. The molecule has 2 amide bonds. The van der Waals surface area contributed by atoms with Crippen molar-refractivity contribution >= 4 is 27.5 Å². The van der Waals surface area contributed by atoms with Crippen molar-refractivity contribution in [3.8, 4) is 11.5 Å². The summed E-state index contributed by atoms with van der Waals surface area (Å²) in [5.74, 6) is -0.102. The number of methoxy groups -OCH3 is 2. The molecule has 3 rings (SSSR count). The second-order valence-corrected chi connectivity index (χ2v) is 10.8. The monoisotopic (exact) mass is 553 g/mol. The molecule has 0 aliphatic heterocycles. The van der Waals surface area contributed by atoms with Crippen molar-refractivity contribution in [2.24, 2.45) is 0 Å². The molecule has 0 saturated carbocycles. The summed E-state index contributed by atoms with van der Waals surface area (Å²) >= 11 is 0. The van der Waals surface area contributed by atoms with Gasteiger partial charge < -0.3 is 19.7 Å². The van der Waals surface area contributed by atoms with Gasteiger partial charge in [-0.3, -0.25) is 13.9 Å². The van der Waals surface area contributed by atoms with Gasteiger partial charge in [-0.05, 0) is 62.7 Å². The number of amides is 2. The Labute approximate surface area is 230 Å². The van der Waals surface area contributed by atoms with Crippen LogP contribution in [-0.4, -0.2) is 58.5 Å². The molecule has 0 aliphatic rings. The maximum atomic E-state index is 13.9. The number of rotatable bonds is 12. The standard InChI is InChI=1S/C29H35N3O6S/c1-6-30-29(34)22(3)31(19-23-13-11-21(2)12-14-23)28(33)20-32(26-9-7-8-10-27(26)38-5)39(35,36)25-17-15-24(37-4)16-18-25/h7-18,22H,6,19-20H2,1-5H3,(H,30,34). The zero-order valence-electron chi connectivity index (χ0n) is 22.9. The van der Waals surface area contributed by atoms with Gasteiger partial charge in [0.25, 0.3) is 10.0 Å². The first kappa shape index (κ1) is 29.5. The molecular weight excluding hydrogens is 518 g/mol. The van der Waals surface area contributed by atoms with Gasteiger partial charge in [0.15, 0.2) is 0 Å². The lowest BCUT2D eigenvalue weighted by atomic mass is 10.1. The number of likely N-dealkylation sites (N-methyl/N-ethyl adjacent to an activating group) is 1. The number of carbonyl (C=O) groups excluding carboxylic acids is 2. The third-order valence-corrected chi connectivity index (χ3v) is 8.05. The Hall–Kier alpha value is -4.05. The molecule has 9 nitrogen and oxygen atoms in total. The molecule has 10 heteroatoms. The van der Waals surface area contributed by atoms with Crippen molar-refractivity contribution in [1.29, 1.82) is 0 Å². The smallest absolute Gasteiger partial charge is 0.264 e. The van der Waals surface area contributed by atoms with E-state index in [0.717, 1.165) is 15.4 Å². The van der Waals surface area contributed by atoms with Gasteiger partial charge in [-0.2, -0.15) is 0 Å². The van der Waals surface area contributed by atoms with E-state index in [1.54, 1.807) is 38.1 Å². The number of hydrogen-bond donors (Lipinski definition) is 1. The molecule has 0 spiro atoms. The molecule has 0 saturated heterocycles. The van der Waals surface area contributed by atoms with Gasteiger partial charge in [0.1, 0.15) is 24.1 Å². The summed E-state index contributed by atoms with van der Waals surface area (Å²) in [6.07, 6.45) is 0. The Morgan fingerprint density at radius 3 is 2.15 bits per heavy atom. The highest BCUT2D eigenvalue weighted by atomic mass is 32.2. The van der Waals surface area contributed by atoms with Crippen LogP contribution in [0.15, 0.2) is 77.7 Å². The first-order valence-corrected chi connectivity index (χ1v) is 14.0. The summed E-state index contributed by atoms with van der Waals surface area (Å²) in [6, 6.07) is 19.2. The predicted octanol–water partition coefficient (Wildman–Crippen LogP) is 3.76. The number of aryl methyl sites for hydroxylation is 1. The molecule has 3 aromatic rings. The van der Waals surface area contributed by atoms with E-state index in [9.17, 15) is 18.0 Å². The van der Waals surface area contributed by atoms with E-state index in [2.05, 4.69) is 5.32 Å². The van der Waals surface area contributed by atoms with Crippen molar-refractivity contribution in [1.82, 2.24) is 10.2 Å². The van der Waals surface area contributed by atoms with Crippen LogP contribution in [0.2, 0.25) is 0 Å². The molecule has 3 aromatic carbocycles. The van der Waals surface area contributed by atoms with Crippen LogP contribution in [0, 0.1) is 6.92 Å². The van der Waals surface area contributed by atoms with Gasteiger partial charge in [0.05, 0.1) is 24.8 Å². The maximum absolute atomic E-state index is 13.9. The van der Waals surface area contributed by atoms with Crippen LogP contribution in [0.3, 0.4) is 0 Å². The van der Waals surface area contributed by atoms with E-state index in [0.29, 0.717) is 12.3 Å². The number of carbonyl (C=O) groups is 2. The van der Waals surface area contributed by atoms with Crippen LogP contribution in [0.1, 0.15) is 25.0 Å². The minimum Gasteiger partial charge on any atom is -0.497 e. The summed E-state index contributed by atoms with van der Waals surface area (Å²) in [6.45, 7) is 5.35. The number of nitrogens with one attached hydrogen (secondary N) is 1. The molecule has 1 N–H and O–H groups in total. The molecule has 0 bridgehead atoms. The Balaban J connectivity index is 2.06. The molecule has 208 valence electrons. The number of sulfonamides is 1. The fraction of sp³-hybridized carbons (Fsp3) is 0.310. The van der Waals surface area contributed by atoms with Gasteiger partial charge in [-0.15, -0.1) is 0 Å². The topological polar surface area (TPSA) is 105 Å². The number of anilines is 1. The molecule has 0 fully saturated rings. The van der Waals surface area contributed by atoms with Crippen molar-refractivity contribution < 1.29 is 27.5 Å². The Kier molecular flexibility index (Phi) is 9.95. The minimum atomic E-state index is -4.23. The van der Waals surface area contributed by atoms with Crippen LogP contribution in [0.4, 0.5) is 5.69 Å². The second kappa shape index (κ2) is 13.1. The number of ether oxygens (including phenoxy) is 2. The molecular formula is C29H35N3O6S. The number of nitrogens with zero attached hydrogens (tertiary/aromatic N) is 2. The van der Waals surface area contributed by atoms with Crippen LogP contribution in [0.25, 0.3) is 0 Å². The summed E-state index contributed by atoms with van der Waals surface area (Å²) < 4.78 is 39.5. The van der Waals surface area contributed by atoms with Gasteiger partial charge in [0, 0.05) is 13.1 Å². The zero-order valence-corrected chi connectivity index (χ0v) is 23.7. The molecule has 1 unspecified atom stereocenters. The lowest BCUT2D eigenvalue weighted by Gasteiger charge is -2.32. The van der Waals surface area contributed by atoms with Gasteiger partial charge in [-0.1, -0.05) is 42.0 Å². The normalized spacial score (nSPS) is 11.8. The maximum Gasteiger partial charge on any atom is 0.264 e. The number of hydrogen-bond acceptors (Lipinski definition) is 6. The van der Waals surface area contributed by atoms with E-state index in [4.69, 9.17) is 9.47 Å². The third-order valence-electron chi connectivity index (χ3n) is 6.27. The summed E-state index contributed by atoms with van der Waals surface area (Å²) in [5, 5.41) is 2.75. The molecule has 1 atom stereocenters. The van der Waals surface area contributed by atoms with E-state index in [-0.39, 0.29) is 28.8 Å². The SMILES string of the molecule is CCNC(=O)C(C)N(Cc1ccc(C)cc1)C(=O)CN(c1ccccc1OC)S(=O)(=O)c1ccc(OC)cc1. The number of para-hydroxylation sites is 2. The Morgan fingerprint density at radius 1 is 0.923 bits per heavy atom. The average molecular weight is 554 g/mol. The van der Waals surface area contributed by atoms with E-state index in [1.807, 2.05) is 31.2 Å². The highest BCUT2D eigenvalue weighted by molar-refractivity contribution is 7.92. The lowest BCUT2D eigenvalue weighted by Crippen LogP contribution is -2.51. The van der Waals surface area contributed by atoms with Crippen LogP contribution >= 0.6 is 0 Å². The first-order valence-electron chi connectivity index (χ1n) is 12.5. The molecule has 0 heterocycles. The Morgan fingerprint density at radius 2 is 1.56 bits per heavy atom. The fourth-order valence-corrected chi connectivity index (χ4v) is 5.44. The average Bonchev–Trinajstić information content (AvgIpc) is 2.95. The summed E-state index contributed by atoms with van der Waals surface area (Å²) in [5.41, 5.74) is 2.07.